The van der Waals surface area contributed by atoms with E-state index in [-0.39, 0.29) is 5.70 Å². The minimum atomic E-state index is -9.70. The molecule has 28 heavy (non-hydrogen) atoms. The van der Waals surface area contributed by atoms with Crippen molar-refractivity contribution in [1.82, 2.24) is 5.43 Å². The Balaban J connectivity index is 2.25. The molecule has 0 amide bonds. The smallest absolute Gasteiger partial charge is 0.353 e. The van der Waals surface area contributed by atoms with Gasteiger partial charge in [0.2, 0.25) is 0 Å². The molecular weight excluding hydrogens is 405 g/mol. The number of allylic oxidation sites excluding steroid dienone is 1. The number of halogens is 5. The number of nitrogens with two attached hydrogens (primary N) is 2. The van der Waals surface area contributed by atoms with Crippen molar-refractivity contribution >= 4 is 22.3 Å². The van der Waals surface area contributed by atoms with Crippen LogP contribution in [0.1, 0.15) is 5.56 Å². The summed E-state index contributed by atoms with van der Waals surface area (Å²) in [7, 11) is -9.70. The Morgan fingerprint density at radius 3 is 1.79 bits per heavy atom. The quantitative estimate of drug-likeness (QED) is 0.177. The van der Waals surface area contributed by atoms with Crippen LogP contribution in [0.25, 0.3) is 17.2 Å². The van der Waals surface area contributed by atoms with E-state index in [1.54, 1.807) is 24.3 Å². The summed E-state index contributed by atoms with van der Waals surface area (Å²) in [5, 5.41) is 8.82. The maximum atomic E-state index is 12.7. The lowest BCUT2D eigenvalue weighted by Gasteiger charge is -2.40. The van der Waals surface area contributed by atoms with E-state index in [2.05, 4.69) is 5.43 Å². The molecule has 0 spiro atoms. The van der Waals surface area contributed by atoms with E-state index < -0.39 is 26.8 Å². The van der Waals surface area contributed by atoms with E-state index in [0.717, 1.165) is 12.1 Å². The van der Waals surface area contributed by atoms with Crippen molar-refractivity contribution in [2.24, 2.45) is 11.6 Å². The van der Waals surface area contributed by atoms with Crippen molar-refractivity contribution in [2.45, 2.75) is 4.90 Å². The van der Waals surface area contributed by atoms with Crippen LogP contribution in [0.4, 0.5) is 19.4 Å². The first kappa shape index (κ1) is 21.3. The molecule has 2 aromatic carbocycles. The SMILES string of the molecule is NNC(/C=C/c1ccc(-c2ccc(S(F)(F)(F)(F)F)cc2)cc1)=C(\N)C(=O)O. The highest BCUT2D eigenvalue weighted by atomic mass is 32.5. The van der Waals surface area contributed by atoms with Gasteiger partial charge in [0.05, 0.1) is 5.70 Å². The van der Waals surface area contributed by atoms with Gasteiger partial charge in [-0.3, -0.25) is 5.84 Å². The lowest BCUT2D eigenvalue weighted by atomic mass is 10.0. The third-order valence-corrected chi connectivity index (χ3v) is 4.83. The first-order valence-electron chi connectivity index (χ1n) is 7.53. The first-order chi connectivity index (χ1) is 12.7. The minimum Gasteiger partial charge on any atom is -0.477 e. The Bertz CT molecular complexity index is 954. The van der Waals surface area contributed by atoms with Crippen LogP contribution in [-0.4, -0.2) is 11.1 Å². The molecule has 5 nitrogen and oxygen atoms in total. The van der Waals surface area contributed by atoms with Crippen LogP contribution in [-0.2, 0) is 4.79 Å². The topological polar surface area (TPSA) is 101 Å². The van der Waals surface area contributed by atoms with Gasteiger partial charge in [0.25, 0.3) is 0 Å². The number of nitrogens with one attached hydrogen (secondary N) is 1. The molecule has 0 unspecified atom stereocenters. The molecule has 11 heteroatoms. The van der Waals surface area contributed by atoms with E-state index >= 15 is 0 Å². The van der Waals surface area contributed by atoms with Crippen molar-refractivity contribution in [3.63, 3.8) is 0 Å². The molecule has 152 valence electrons. The fourth-order valence-corrected chi connectivity index (χ4v) is 2.85. The Morgan fingerprint density at radius 1 is 0.929 bits per heavy atom. The molecule has 0 heterocycles. The van der Waals surface area contributed by atoms with Gasteiger partial charge in [0.15, 0.2) is 0 Å². The predicted molar refractivity (Wildman–Crippen MR) is 98.5 cm³/mol. The molecule has 6 N–H and O–H groups in total. The Kier molecular flexibility index (Phi) is 4.96. The van der Waals surface area contributed by atoms with Crippen LogP contribution < -0.4 is 17.0 Å². The summed E-state index contributed by atoms with van der Waals surface area (Å²) < 4.78 is 63.7. The van der Waals surface area contributed by atoms with Crippen LogP contribution in [0.2, 0.25) is 0 Å². The second-order valence-corrected chi connectivity index (χ2v) is 8.13. The van der Waals surface area contributed by atoms with Crippen LogP contribution in [0.3, 0.4) is 0 Å². The molecule has 0 saturated carbocycles. The van der Waals surface area contributed by atoms with Crippen LogP contribution in [0.5, 0.6) is 0 Å². The summed E-state index contributed by atoms with van der Waals surface area (Å²) in [5.41, 5.74) is 8.42. The number of hydrazine groups is 1. The largest absolute Gasteiger partial charge is 0.477 e. The highest BCUT2D eigenvalue weighted by Gasteiger charge is 2.65. The van der Waals surface area contributed by atoms with Gasteiger partial charge in [-0.25, -0.2) is 4.79 Å². The van der Waals surface area contributed by atoms with Gasteiger partial charge in [0.1, 0.15) is 10.6 Å². The van der Waals surface area contributed by atoms with Gasteiger partial charge < -0.3 is 16.3 Å². The Morgan fingerprint density at radius 2 is 1.39 bits per heavy atom. The van der Waals surface area contributed by atoms with E-state index in [0.29, 0.717) is 28.8 Å². The Labute approximate surface area is 156 Å². The highest BCUT2D eigenvalue weighted by Crippen LogP contribution is 3.02. The van der Waals surface area contributed by atoms with E-state index in [4.69, 9.17) is 16.7 Å². The molecule has 0 bridgehead atoms. The van der Waals surface area contributed by atoms with Gasteiger partial charge >= 0.3 is 16.2 Å². The molecule has 2 rings (SSSR count). The van der Waals surface area contributed by atoms with Gasteiger partial charge in [-0.15, -0.1) is 0 Å². The number of carbonyl (C=O) groups is 1. The maximum absolute atomic E-state index is 12.7. The minimum absolute atomic E-state index is 0.0249. The molecule has 0 saturated heterocycles. The van der Waals surface area contributed by atoms with Crippen molar-refractivity contribution in [3.05, 3.63) is 71.6 Å². The fraction of sp³-hybridized carbons (Fsp3) is 0. The molecule has 0 atom stereocenters. The standard InChI is InChI=1S/C17H16F5N3O2S/c18-28(19,20,21,22)14-8-6-13(7-9-14)12-4-1-11(2-5-12)3-10-15(25-24)16(23)17(26)27/h1-10,25H,23-24H2,(H,26,27)/b10-3+,16-15-. The van der Waals surface area contributed by atoms with Gasteiger partial charge in [-0.2, -0.15) is 0 Å². The van der Waals surface area contributed by atoms with E-state index in [9.17, 15) is 24.2 Å². The number of hydrogen-bond acceptors (Lipinski definition) is 4. The third-order valence-electron chi connectivity index (χ3n) is 3.66. The first-order valence-corrected chi connectivity index (χ1v) is 9.49. The van der Waals surface area contributed by atoms with Crippen LogP contribution in [0.15, 0.2) is 70.9 Å². The van der Waals surface area contributed by atoms with Crippen molar-refractivity contribution in [2.75, 3.05) is 0 Å². The Hall–Kier alpha value is -3.05. The van der Waals surface area contributed by atoms with Crippen molar-refractivity contribution in [1.29, 1.82) is 0 Å². The van der Waals surface area contributed by atoms with E-state index in [1.165, 1.54) is 12.2 Å². The summed E-state index contributed by atoms with van der Waals surface area (Å²) >= 11 is 0. The summed E-state index contributed by atoms with van der Waals surface area (Å²) in [6.45, 7) is 0. The summed E-state index contributed by atoms with van der Waals surface area (Å²) in [4.78, 5) is 8.86. The zero-order valence-corrected chi connectivity index (χ0v) is 14.9. The number of rotatable bonds is 6. The van der Waals surface area contributed by atoms with Crippen molar-refractivity contribution < 1.29 is 29.3 Å². The second kappa shape index (κ2) is 6.53. The summed E-state index contributed by atoms with van der Waals surface area (Å²) in [6.07, 6.45) is 2.84. The molecule has 0 aliphatic rings. The average Bonchev–Trinajstić information content (AvgIpc) is 2.60. The number of carboxylic acids is 1. The summed E-state index contributed by atoms with van der Waals surface area (Å²) in [5.74, 6) is 3.85. The lowest BCUT2D eigenvalue weighted by molar-refractivity contribution is -0.132. The molecule has 0 fully saturated rings. The molecule has 0 aliphatic heterocycles. The number of carboxylic acid groups (broad SMARTS) is 1. The molecule has 0 radical (unpaired) electrons. The van der Waals surface area contributed by atoms with Crippen molar-refractivity contribution in [3.8, 4) is 11.1 Å². The lowest BCUT2D eigenvalue weighted by Crippen LogP contribution is -2.26. The summed E-state index contributed by atoms with van der Waals surface area (Å²) in [6, 6.07) is 8.94. The monoisotopic (exact) mass is 421 g/mol. The fourth-order valence-electron chi connectivity index (χ4n) is 2.20. The van der Waals surface area contributed by atoms with Crippen LogP contribution in [0, 0.1) is 0 Å². The van der Waals surface area contributed by atoms with Gasteiger partial charge in [-0.1, -0.05) is 61.9 Å². The average molecular weight is 421 g/mol. The third kappa shape index (κ3) is 5.24. The highest BCUT2D eigenvalue weighted by molar-refractivity contribution is 8.45. The van der Waals surface area contributed by atoms with Gasteiger partial charge in [-0.05, 0) is 34.9 Å². The van der Waals surface area contributed by atoms with Gasteiger partial charge in [0, 0.05) is 0 Å². The maximum Gasteiger partial charge on any atom is 0.353 e. The normalized spacial score (nSPS) is 15.5. The molecule has 0 aromatic heterocycles. The predicted octanol–water partition coefficient (Wildman–Crippen LogP) is 4.74. The zero-order valence-electron chi connectivity index (χ0n) is 14.1. The molecule has 0 aliphatic carbocycles. The number of aliphatic carboxylic acids is 1. The van der Waals surface area contributed by atoms with Crippen LogP contribution >= 0.6 is 10.2 Å². The number of benzene rings is 2. The number of hydrogen-bond donors (Lipinski definition) is 4. The zero-order chi connectivity index (χ0) is 21.2. The molecule has 2 aromatic rings. The van der Waals surface area contributed by atoms with E-state index in [1.807, 2.05) is 0 Å². The second-order valence-electron chi connectivity index (χ2n) is 5.73. The molecular formula is C17H16F5N3O2S.